The van der Waals surface area contributed by atoms with Crippen LogP contribution in [0.2, 0.25) is 0 Å². The number of carbonyl (C=O) groups excluding carboxylic acids is 1. The van der Waals surface area contributed by atoms with Crippen molar-refractivity contribution in [3.63, 3.8) is 0 Å². The summed E-state index contributed by atoms with van der Waals surface area (Å²) in [6.45, 7) is 2.52. The van der Waals surface area contributed by atoms with Crippen molar-refractivity contribution in [2.45, 2.75) is 19.9 Å². The van der Waals surface area contributed by atoms with Gasteiger partial charge in [0, 0.05) is 28.9 Å². The number of aromatic amines is 1. The van der Waals surface area contributed by atoms with Crippen LogP contribution < -0.4 is 5.32 Å². The highest BCUT2D eigenvalue weighted by Crippen LogP contribution is 2.16. The summed E-state index contributed by atoms with van der Waals surface area (Å²) >= 11 is 1.62. The fourth-order valence-electron chi connectivity index (χ4n) is 1.89. The van der Waals surface area contributed by atoms with E-state index in [1.54, 1.807) is 23.7 Å². The molecule has 0 bridgehead atoms. The molecule has 0 aromatic carbocycles. The maximum absolute atomic E-state index is 12.2. The Morgan fingerprint density at radius 2 is 2.30 bits per heavy atom. The van der Waals surface area contributed by atoms with Gasteiger partial charge in [-0.25, -0.2) is 15.0 Å². The van der Waals surface area contributed by atoms with Crippen LogP contribution >= 0.6 is 11.3 Å². The fraction of sp³-hybridized carbons (Fsp3) is 0.231. The average molecular weight is 287 g/mol. The van der Waals surface area contributed by atoms with Gasteiger partial charge in [-0.1, -0.05) is 6.92 Å². The van der Waals surface area contributed by atoms with E-state index >= 15 is 0 Å². The molecule has 0 saturated heterocycles. The third-order valence-corrected chi connectivity index (χ3v) is 4.09. The van der Waals surface area contributed by atoms with Gasteiger partial charge in [0.25, 0.3) is 5.91 Å². The summed E-state index contributed by atoms with van der Waals surface area (Å²) in [5, 5.41) is 4.49. The summed E-state index contributed by atoms with van der Waals surface area (Å²) in [5.74, 6) is -0.153. The largest absolute Gasteiger partial charge is 0.345 e. The third kappa shape index (κ3) is 2.39. The average Bonchev–Trinajstić information content (AvgIpc) is 3.11. The molecule has 6 nitrogen and oxygen atoms in total. The molecule has 3 aromatic heterocycles. The first-order valence-corrected chi connectivity index (χ1v) is 7.08. The van der Waals surface area contributed by atoms with Gasteiger partial charge < -0.3 is 10.3 Å². The second-order valence-electron chi connectivity index (χ2n) is 4.24. The number of hydrogen-bond acceptors (Lipinski definition) is 5. The maximum atomic E-state index is 12.2. The number of carbonyl (C=O) groups is 1. The van der Waals surface area contributed by atoms with Crippen LogP contribution in [-0.4, -0.2) is 25.8 Å². The minimum atomic E-state index is -0.153. The van der Waals surface area contributed by atoms with E-state index in [0.29, 0.717) is 17.8 Å². The number of fused-ring (bicyclic) bond motifs is 1. The zero-order chi connectivity index (χ0) is 13.9. The highest BCUT2D eigenvalue weighted by Gasteiger charge is 2.13. The second-order valence-corrected chi connectivity index (χ2v) is 5.44. The molecule has 0 fully saturated rings. The number of aryl methyl sites for hydroxylation is 1. The van der Waals surface area contributed by atoms with Crippen molar-refractivity contribution in [1.82, 2.24) is 25.3 Å². The van der Waals surface area contributed by atoms with Crippen LogP contribution in [0, 0.1) is 0 Å². The maximum Gasteiger partial charge on any atom is 0.253 e. The molecule has 0 unspecified atom stereocenters. The van der Waals surface area contributed by atoms with Gasteiger partial charge in [0.05, 0.1) is 12.1 Å². The molecule has 0 aliphatic heterocycles. The molecule has 2 N–H and O–H groups in total. The number of nitrogens with one attached hydrogen (secondary N) is 2. The van der Waals surface area contributed by atoms with E-state index in [4.69, 9.17) is 0 Å². The molecule has 3 rings (SSSR count). The predicted octanol–water partition coefficient (Wildman–Crippen LogP) is 1.91. The first-order chi connectivity index (χ1) is 9.78. The van der Waals surface area contributed by atoms with Gasteiger partial charge in [0.15, 0.2) is 0 Å². The lowest BCUT2D eigenvalue weighted by atomic mass is 10.2. The monoisotopic (exact) mass is 287 g/mol. The lowest BCUT2D eigenvalue weighted by Gasteiger charge is -2.01. The van der Waals surface area contributed by atoms with E-state index < -0.39 is 0 Å². The summed E-state index contributed by atoms with van der Waals surface area (Å²) < 4.78 is 0. The molecule has 7 heteroatoms. The molecule has 0 aliphatic carbocycles. The van der Waals surface area contributed by atoms with Crippen LogP contribution in [0.4, 0.5) is 0 Å². The number of thiazole rings is 1. The zero-order valence-corrected chi connectivity index (χ0v) is 11.7. The molecule has 1 amide bonds. The Bertz CT molecular complexity index is 748. The summed E-state index contributed by atoms with van der Waals surface area (Å²) in [7, 11) is 0. The second kappa shape index (κ2) is 5.38. The van der Waals surface area contributed by atoms with Crippen molar-refractivity contribution < 1.29 is 4.79 Å². The number of amides is 1. The smallest absolute Gasteiger partial charge is 0.253 e. The molecule has 102 valence electrons. The van der Waals surface area contributed by atoms with Gasteiger partial charge in [0.2, 0.25) is 0 Å². The standard InChI is InChI=1S/C13H13N5OS/c1-2-8-3-15-11(20-8)6-17-13(19)10-5-16-12-9(10)4-14-7-18-12/h3-5,7H,2,6H2,1H3,(H,17,19)(H,14,16,18). The summed E-state index contributed by atoms with van der Waals surface area (Å²) in [5.41, 5.74) is 1.21. The van der Waals surface area contributed by atoms with E-state index in [1.165, 1.54) is 11.2 Å². The molecule has 3 aromatic rings. The van der Waals surface area contributed by atoms with Crippen LogP contribution in [0.5, 0.6) is 0 Å². The van der Waals surface area contributed by atoms with Crippen molar-refractivity contribution in [1.29, 1.82) is 0 Å². The van der Waals surface area contributed by atoms with Gasteiger partial charge in [-0.15, -0.1) is 11.3 Å². The molecule has 0 atom stereocenters. The number of H-pyrrole nitrogens is 1. The Morgan fingerprint density at radius 1 is 1.40 bits per heavy atom. The quantitative estimate of drug-likeness (QED) is 0.767. The topological polar surface area (TPSA) is 83.6 Å². The van der Waals surface area contributed by atoms with E-state index in [1.807, 2.05) is 6.20 Å². The number of aromatic nitrogens is 4. The summed E-state index contributed by atoms with van der Waals surface area (Å²) in [4.78, 5) is 28.6. The van der Waals surface area contributed by atoms with Crippen molar-refractivity contribution in [3.05, 3.63) is 40.4 Å². The third-order valence-electron chi connectivity index (χ3n) is 2.95. The normalized spacial score (nSPS) is 10.8. The van der Waals surface area contributed by atoms with Gasteiger partial charge in [-0.05, 0) is 6.42 Å². The Balaban J connectivity index is 1.73. The van der Waals surface area contributed by atoms with Crippen LogP contribution in [0.3, 0.4) is 0 Å². The van der Waals surface area contributed by atoms with Gasteiger partial charge in [-0.2, -0.15) is 0 Å². The minimum Gasteiger partial charge on any atom is -0.345 e. The van der Waals surface area contributed by atoms with Gasteiger partial charge in [-0.3, -0.25) is 4.79 Å². The Kier molecular flexibility index (Phi) is 3.42. The molecule has 0 radical (unpaired) electrons. The molecular formula is C13H13N5OS. The lowest BCUT2D eigenvalue weighted by Crippen LogP contribution is -2.22. The van der Waals surface area contributed by atoms with Crippen molar-refractivity contribution in [2.75, 3.05) is 0 Å². The number of nitrogens with zero attached hydrogens (tertiary/aromatic N) is 3. The fourth-order valence-corrected chi connectivity index (χ4v) is 2.69. The van der Waals surface area contributed by atoms with E-state index in [9.17, 15) is 4.79 Å². The minimum absolute atomic E-state index is 0.153. The predicted molar refractivity (Wildman–Crippen MR) is 76.6 cm³/mol. The Labute approximate surface area is 119 Å². The molecule has 3 heterocycles. The van der Waals surface area contributed by atoms with Crippen LogP contribution in [0.15, 0.2) is 24.9 Å². The number of rotatable bonds is 4. The van der Waals surface area contributed by atoms with Crippen molar-refractivity contribution in [2.24, 2.45) is 0 Å². The summed E-state index contributed by atoms with van der Waals surface area (Å²) in [6.07, 6.45) is 7.54. The Morgan fingerprint density at radius 3 is 3.10 bits per heavy atom. The van der Waals surface area contributed by atoms with E-state index in [0.717, 1.165) is 16.8 Å². The van der Waals surface area contributed by atoms with Crippen molar-refractivity contribution >= 4 is 28.3 Å². The molecule has 20 heavy (non-hydrogen) atoms. The summed E-state index contributed by atoms with van der Waals surface area (Å²) in [6, 6.07) is 0. The molecular weight excluding hydrogens is 274 g/mol. The lowest BCUT2D eigenvalue weighted by molar-refractivity contribution is 0.0952. The first-order valence-electron chi connectivity index (χ1n) is 6.26. The van der Waals surface area contributed by atoms with Gasteiger partial charge >= 0.3 is 0 Å². The van der Waals surface area contributed by atoms with E-state index in [2.05, 4.69) is 32.2 Å². The zero-order valence-electron chi connectivity index (χ0n) is 10.9. The highest BCUT2D eigenvalue weighted by molar-refractivity contribution is 7.11. The first kappa shape index (κ1) is 12.7. The SMILES string of the molecule is CCc1cnc(CNC(=O)c2c[nH]c3ncncc23)s1. The van der Waals surface area contributed by atoms with Crippen molar-refractivity contribution in [3.8, 4) is 0 Å². The molecule has 0 saturated carbocycles. The van der Waals surface area contributed by atoms with Crippen LogP contribution in [0.25, 0.3) is 11.0 Å². The number of hydrogen-bond donors (Lipinski definition) is 2. The van der Waals surface area contributed by atoms with Crippen LogP contribution in [0.1, 0.15) is 27.2 Å². The van der Waals surface area contributed by atoms with E-state index in [-0.39, 0.29) is 5.91 Å². The van der Waals surface area contributed by atoms with Gasteiger partial charge in [0.1, 0.15) is 17.0 Å². The Hall–Kier alpha value is -2.28. The van der Waals surface area contributed by atoms with Crippen LogP contribution in [-0.2, 0) is 13.0 Å². The highest BCUT2D eigenvalue weighted by atomic mass is 32.1. The molecule has 0 aliphatic rings. The molecule has 0 spiro atoms.